The number of thiazole rings is 1. The molecule has 0 spiro atoms. The standard InChI is InChI=1S/C15H22N4S2/c1-8-4-5-11(6-9(8)2)18-15-12(13(16)19-21-15)14-17-10(3)7-20-14/h7-9,11,18H,4-6H2,1-3H3,(H2,16,19). The molecule has 0 aromatic carbocycles. The summed E-state index contributed by atoms with van der Waals surface area (Å²) < 4.78 is 4.33. The van der Waals surface area contributed by atoms with Gasteiger partial charge in [-0.2, -0.15) is 4.37 Å². The third-order valence-electron chi connectivity index (χ3n) is 4.48. The fourth-order valence-corrected chi connectivity index (χ4v) is 4.65. The summed E-state index contributed by atoms with van der Waals surface area (Å²) in [6.45, 7) is 6.72. The van der Waals surface area contributed by atoms with E-state index in [1.807, 2.05) is 6.92 Å². The third kappa shape index (κ3) is 3.06. The largest absolute Gasteiger partial charge is 0.382 e. The van der Waals surface area contributed by atoms with Crippen molar-refractivity contribution in [3.05, 3.63) is 11.1 Å². The van der Waals surface area contributed by atoms with Gasteiger partial charge in [0.15, 0.2) is 0 Å². The first kappa shape index (κ1) is 14.8. The van der Waals surface area contributed by atoms with Crippen molar-refractivity contribution >= 4 is 33.7 Å². The highest BCUT2D eigenvalue weighted by Crippen LogP contribution is 2.40. The summed E-state index contributed by atoms with van der Waals surface area (Å²) in [7, 11) is 0. The summed E-state index contributed by atoms with van der Waals surface area (Å²) in [4.78, 5) is 4.56. The molecule has 0 saturated heterocycles. The van der Waals surface area contributed by atoms with E-state index < -0.39 is 0 Å². The number of anilines is 2. The third-order valence-corrected chi connectivity index (χ3v) is 6.25. The Morgan fingerprint density at radius 2 is 2.10 bits per heavy atom. The smallest absolute Gasteiger partial charge is 0.149 e. The highest BCUT2D eigenvalue weighted by Gasteiger charge is 2.26. The van der Waals surface area contributed by atoms with Crippen molar-refractivity contribution in [2.45, 2.75) is 46.1 Å². The second-order valence-corrected chi connectivity index (χ2v) is 7.81. The minimum Gasteiger partial charge on any atom is -0.382 e. The van der Waals surface area contributed by atoms with Gasteiger partial charge in [-0.15, -0.1) is 11.3 Å². The van der Waals surface area contributed by atoms with E-state index in [0.29, 0.717) is 11.9 Å². The van der Waals surface area contributed by atoms with E-state index in [4.69, 9.17) is 5.73 Å². The number of hydrogen-bond acceptors (Lipinski definition) is 6. The van der Waals surface area contributed by atoms with E-state index in [1.54, 1.807) is 11.3 Å². The summed E-state index contributed by atoms with van der Waals surface area (Å²) in [6, 6.07) is 0.524. The maximum Gasteiger partial charge on any atom is 0.149 e. The number of nitrogen functional groups attached to an aromatic ring is 1. The number of nitrogens with zero attached hydrogens (tertiary/aromatic N) is 2. The monoisotopic (exact) mass is 322 g/mol. The number of aromatic nitrogens is 2. The van der Waals surface area contributed by atoms with Crippen LogP contribution in [0.25, 0.3) is 10.6 Å². The molecule has 2 aromatic rings. The van der Waals surface area contributed by atoms with E-state index in [0.717, 1.165) is 33.1 Å². The molecular formula is C15H22N4S2. The number of hydrogen-bond donors (Lipinski definition) is 2. The van der Waals surface area contributed by atoms with Crippen LogP contribution in [0.4, 0.5) is 10.8 Å². The average Bonchev–Trinajstić information content (AvgIpc) is 3.00. The van der Waals surface area contributed by atoms with Crippen LogP contribution in [-0.4, -0.2) is 15.4 Å². The molecule has 114 valence electrons. The molecule has 1 aliphatic carbocycles. The fraction of sp³-hybridized carbons (Fsp3) is 0.600. The van der Waals surface area contributed by atoms with Crippen molar-refractivity contribution in [2.75, 3.05) is 11.1 Å². The lowest BCUT2D eigenvalue weighted by Crippen LogP contribution is -2.30. The molecule has 3 N–H and O–H groups in total. The summed E-state index contributed by atoms with van der Waals surface area (Å²) >= 11 is 3.09. The molecule has 21 heavy (non-hydrogen) atoms. The maximum atomic E-state index is 6.06. The van der Waals surface area contributed by atoms with Crippen LogP contribution >= 0.6 is 22.9 Å². The number of nitrogens with one attached hydrogen (secondary N) is 1. The molecule has 4 nitrogen and oxygen atoms in total. The molecule has 1 aliphatic rings. The summed E-state index contributed by atoms with van der Waals surface area (Å²) in [5, 5.41) is 7.78. The average molecular weight is 323 g/mol. The Morgan fingerprint density at radius 1 is 1.29 bits per heavy atom. The van der Waals surface area contributed by atoms with Gasteiger partial charge in [-0.3, -0.25) is 0 Å². The second kappa shape index (κ2) is 5.93. The number of rotatable bonds is 3. The Bertz CT molecular complexity index is 619. The van der Waals surface area contributed by atoms with Crippen LogP contribution < -0.4 is 11.1 Å². The van der Waals surface area contributed by atoms with Crippen LogP contribution in [0, 0.1) is 18.8 Å². The van der Waals surface area contributed by atoms with Crippen molar-refractivity contribution in [1.29, 1.82) is 0 Å². The molecule has 3 atom stereocenters. The lowest BCUT2D eigenvalue weighted by atomic mass is 9.79. The first-order chi connectivity index (χ1) is 10.0. The van der Waals surface area contributed by atoms with Crippen LogP contribution in [0.15, 0.2) is 5.38 Å². The minimum atomic E-state index is 0.524. The lowest BCUT2D eigenvalue weighted by molar-refractivity contribution is 0.261. The molecule has 6 heteroatoms. The SMILES string of the molecule is Cc1csc(-c2c(N)nsc2NC2CCC(C)C(C)C2)n1. The maximum absolute atomic E-state index is 6.06. The zero-order valence-corrected chi connectivity index (χ0v) is 14.4. The van der Waals surface area contributed by atoms with Gasteiger partial charge >= 0.3 is 0 Å². The van der Waals surface area contributed by atoms with Gasteiger partial charge in [0.2, 0.25) is 0 Å². The Balaban J connectivity index is 1.80. The van der Waals surface area contributed by atoms with Crippen LogP contribution in [0.3, 0.4) is 0 Å². The van der Waals surface area contributed by atoms with E-state index in [2.05, 4.69) is 33.9 Å². The molecule has 1 saturated carbocycles. The van der Waals surface area contributed by atoms with Gasteiger partial charge in [0.25, 0.3) is 0 Å². The quantitative estimate of drug-likeness (QED) is 0.879. The van der Waals surface area contributed by atoms with Crippen LogP contribution in [-0.2, 0) is 0 Å². The predicted molar refractivity (Wildman–Crippen MR) is 92.0 cm³/mol. The van der Waals surface area contributed by atoms with E-state index >= 15 is 0 Å². The van der Waals surface area contributed by atoms with Gasteiger partial charge in [0.05, 0.1) is 5.56 Å². The van der Waals surface area contributed by atoms with Gasteiger partial charge in [-0.05, 0) is 49.6 Å². The molecule has 2 aromatic heterocycles. The first-order valence-corrected chi connectivity index (χ1v) is 9.14. The van der Waals surface area contributed by atoms with Crippen molar-refractivity contribution in [2.24, 2.45) is 11.8 Å². The first-order valence-electron chi connectivity index (χ1n) is 7.48. The fourth-order valence-electron chi connectivity index (χ4n) is 2.94. The molecule has 0 aliphatic heterocycles. The van der Waals surface area contributed by atoms with Crippen LogP contribution in [0.5, 0.6) is 0 Å². The van der Waals surface area contributed by atoms with Crippen molar-refractivity contribution in [1.82, 2.24) is 9.36 Å². The highest BCUT2D eigenvalue weighted by atomic mass is 32.1. The molecule has 0 bridgehead atoms. The summed E-state index contributed by atoms with van der Waals surface area (Å²) in [5.41, 5.74) is 8.09. The molecule has 3 unspecified atom stereocenters. The summed E-state index contributed by atoms with van der Waals surface area (Å²) in [6.07, 6.45) is 3.73. The van der Waals surface area contributed by atoms with Crippen molar-refractivity contribution in [3.63, 3.8) is 0 Å². The highest BCUT2D eigenvalue weighted by molar-refractivity contribution is 7.15. The topological polar surface area (TPSA) is 63.8 Å². The van der Waals surface area contributed by atoms with E-state index in [1.165, 1.54) is 30.8 Å². The molecular weight excluding hydrogens is 300 g/mol. The Hall–Kier alpha value is -1.14. The zero-order valence-electron chi connectivity index (χ0n) is 12.7. The zero-order chi connectivity index (χ0) is 15.0. The van der Waals surface area contributed by atoms with E-state index in [-0.39, 0.29) is 0 Å². The van der Waals surface area contributed by atoms with Crippen molar-refractivity contribution < 1.29 is 0 Å². The molecule has 2 heterocycles. The van der Waals surface area contributed by atoms with Gasteiger partial charge < -0.3 is 11.1 Å². The molecule has 0 radical (unpaired) electrons. The molecule has 1 fully saturated rings. The van der Waals surface area contributed by atoms with Crippen molar-refractivity contribution in [3.8, 4) is 10.6 Å². The van der Waals surface area contributed by atoms with Gasteiger partial charge in [-0.1, -0.05) is 13.8 Å². The molecule has 3 rings (SSSR count). The molecule has 0 amide bonds. The van der Waals surface area contributed by atoms with Gasteiger partial charge in [0, 0.05) is 17.1 Å². The van der Waals surface area contributed by atoms with Gasteiger partial charge in [-0.25, -0.2) is 4.98 Å². The Labute approximate surface area is 134 Å². The normalized spacial score (nSPS) is 26.0. The summed E-state index contributed by atoms with van der Waals surface area (Å²) in [5.74, 6) is 2.19. The second-order valence-electron chi connectivity index (χ2n) is 6.17. The Morgan fingerprint density at radius 3 is 2.76 bits per heavy atom. The van der Waals surface area contributed by atoms with Gasteiger partial charge in [0.1, 0.15) is 15.8 Å². The van der Waals surface area contributed by atoms with Crippen LogP contribution in [0.1, 0.15) is 38.8 Å². The number of aryl methyl sites for hydroxylation is 1. The lowest BCUT2D eigenvalue weighted by Gasteiger charge is -2.32. The van der Waals surface area contributed by atoms with Crippen LogP contribution in [0.2, 0.25) is 0 Å². The Kier molecular flexibility index (Phi) is 4.17. The predicted octanol–water partition coefficient (Wildman–Crippen LogP) is 4.39. The minimum absolute atomic E-state index is 0.524. The number of nitrogens with two attached hydrogens (primary N) is 1. The van der Waals surface area contributed by atoms with E-state index in [9.17, 15) is 0 Å².